The van der Waals surface area contributed by atoms with Gasteiger partial charge in [0.15, 0.2) is 0 Å². The summed E-state index contributed by atoms with van der Waals surface area (Å²) in [5.41, 5.74) is 3.39. The molecule has 0 aliphatic rings. The van der Waals surface area contributed by atoms with E-state index in [9.17, 15) is 0 Å². The molecule has 0 saturated carbocycles. The lowest BCUT2D eigenvalue weighted by Crippen LogP contribution is -2.11. The van der Waals surface area contributed by atoms with E-state index in [1.807, 2.05) is 24.3 Å². The molecule has 2 rings (SSSR count). The Morgan fingerprint density at radius 1 is 1.05 bits per heavy atom. The molecule has 0 bridgehead atoms. The fraction of sp³-hybridized carbons (Fsp3) is 0.333. The SMILES string of the molecule is Cc1cc(C(C)(C)C)ccc1Oc1ccc(CO)cc1Br. The summed E-state index contributed by atoms with van der Waals surface area (Å²) < 4.78 is 6.82. The molecule has 2 aromatic carbocycles. The first-order valence-corrected chi connectivity index (χ1v) is 7.79. The van der Waals surface area contributed by atoms with Crippen molar-refractivity contribution >= 4 is 15.9 Å². The first kappa shape index (κ1) is 16.1. The molecule has 0 amide bonds. The number of benzene rings is 2. The van der Waals surface area contributed by atoms with E-state index < -0.39 is 0 Å². The van der Waals surface area contributed by atoms with Crippen molar-refractivity contribution in [1.82, 2.24) is 0 Å². The van der Waals surface area contributed by atoms with Crippen molar-refractivity contribution in [1.29, 1.82) is 0 Å². The molecule has 21 heavy (non-hydrogen) atoms. The lowest BCUT2D eigenvalue weighted by Gasteiger charge is -2.20. The van der Waals surface area contributed by atoms with Gasteiger partial charge in [0.1, 0.15) is 11.5 Å². The molecule has 0 aromatic heterocycles. The fourth-order valence-electron chi connectivity index (χ4n) is 2.07. The molecule has 0 heterocycles. The van der Waals surface area contributed by atoms with E-state index in [2.05, 4.69) is 55.8 Å². The standard InChI is InChI=1S/C18H21BrO2/c1-12-9-14(18(2,3)4)6-8-16(12)21-17-7-5-13(11-20)10-15(17)19/h5-10,20H,11H2,1-4H3. The van der Waals surface area contributed by atoms with Gasteiger partial charge in [0.05, 0.1) is 11.1 Å². The van der Waals surface area contributed by atoms with Crippen molar-refractivity contribution < 1.29 is 9.84 Å². The molecule has 112 valence electrons. The van der Waals surface area contributed by atoms with Crippen LogP contribution in [0.2, 0.25) is 0 Å². The van der Waals surface area contributed by atoms with Crippen molar-refractivity contribution in [2.24, 2.45) is 0 Å². The van der Waals surface area contributed by atoms with Crippen LogP contribution in [0.25, 0.3) is 0 Å². The number of aryl methyl sites for hydroxylation is 1. The summed E-state index contributed by atoms with van der Waals surface area (Å²) in [7, 11) is 0. The van der Waals surface area contributed by atoms with Gasteiger partial charge in [0.2, 0.25) is 0 Å². The predicted molar refractivity (Wildman–Crippen MR) is 90.0 cm³/mol. The Hall–Kier alpha value is -1.32. The molecular formula is C18H21BrO2. The number of halogens is 1. The second-order valence-electron chi connectivity index (χ2n) is 6.26. The lowest BCUT2D eigenvalue weighted by molar-refractivity contribution is 0.281. The topological polar surface area (TPSA) is 29.5 Å². The highest BCUT2D eigenvalue weighted by atomic mass is 79.9. The summed E-state index contributed by atoms with van der Waals surface area (Å²) in [5.74, 6) is 1.60. The monoisotopic (exact) mass is 348 g/mol. The molecule has 0 atom stereocenters. The maximum Gasteiger partial charge on any atom is 0.141 e. The zero-order valence-electron chi connectivity index (χ0n) is 12.9. The second-order valence-corrected chi connectivity index (χ2v) is 7.11. The van der Waals surface area contributed by atoms with Crippen LogP contribution < -0.4 is 4.74 Å². The van der Waals surface area contributed by atoms with Crippen LogP contribution in [-0.4, -0.2) is 5.11 Å². The normalized spacial score (nSPS) is 11.5. The summed E-state index contributed by atoms with van der Waals surface area (Å²) in [6, 6.07) is 11.9. The smallest absolute Gasteiger partial charge is 0.141 e. The summed E-state index contributed by atoms with van der Waals surface area (Å²) in [6.07, 6.45) is 0. The minimum absolute atomic E-state index is 0.0260. The minimum Gasteiger partial charge on any atom is -0.456 e. The highest BCUT2D eigenvalue weighted by Gasteiger charge is 2.15. The molecule has 2 aromatic rings. The molecule has 0 aliphatic heterocycles. The van der Waals surface area contributed by atoms with E-state index in [1.54, 1.807) is 0 Å². The quantitative estimate of drug-likeness (QED) is 0.811. The van der Waals surface area contributed by atoms with Crippen molar-refractivity contribution in [2.75, 3.05) is 0 Å². The molecule has 2 nitrogen and oxygen atoms in total. The molecule has 1 N–H and O–H groups in total. The number of hydrogen-bond donors (Lipinski definition) is 1. The van der Waals surface area contributed by atoms with E-state index >= 15 is 0 Å². The molecule has 0 saturated heterocycles. The summed E-state index contributed by atoms with van der Waals surface area (Å²) in [5, 5.41) is 9.13. The van der Waals surface area contributed by atoms with Gasteiger partial charge in [0.25, 0.3) is 0 Å². The lowest BCUT2D eigenvalue weighted by atomic mass is 9.86. The first-order valence-electron chi connectivity index (χ1n) is 6.99. The van der Waals surface area contributed by atoms with E-state index in [1.165, 1.54) is 5.56 Å². The Kier molecular flexibility index (Phi) is 4.74. The van der Waals surface area contributed by atoms with Crippen LogP contribution >= 0.6 is 15.9 Å². The van der Waals surface area contributed by atoms with Crippen molar-refractivity contribution in [3.8, 4) is 11.5 Å². The second kappa shape index (κ2) is 6.20. The molecule has 3 heteroatoms. The van der Waals surface area contributed by atoms with Gasteiger partial charge in [-0.05, 0) is 63.2 Å². The van der Waals surface area contributed by atoms with E-state index in [0.717, 1.165) is 27.1 Å². The van der Waals surface area contributed by atoms with Crippen LogP contribution in [0.3, 0.4) is 0 Å². The number of ether oxygens (including phenoxy) is 1. The van der Waals surface area contributed by atoms with Crippen molar-refractivity contribution in [3.63, 3.8) is 0 Å². The van der Waals surface area contributed by atoms with Crippen LogP contribution in [0.5, 0.6) is 11.5 Å². The third-order valence-corrected chi connectivity index (χ3v) is 4.06. The average Bonchev–Trinajstić information content (AvgIpc) is 2.41. The van der Waals surface area contributed by atoms with Gasteiger partial charge in [-0.15, -0.1) is 0 Å². The maximum atomic E-state index is 9.13. The Balaban J connectivity index is 2.28. The summed E-state index contributed by atoms with van der Waals surface area (Å²) >= 11 is 3.48. The van der Waals surface area contributed by atoms with Gasteiger partial charge in [-0.1, -0.05) is 39.0 Å². The van der Waals surface area contributed by atoms with Crippen LogP contribution in [0.1, 0.15) is 37.5 Å². The Morgan fingerprint density at radius 3 is 2.24 bits per heavy atom. The molecule has 0 unspecified atom stereocenters. The van der Waals surface area contributed by atoms with E-state index in [0.29, 0.717) is 0 Å². The molecule has 0 fully saturated rings. The predicted octanol–water partition coefficient (Wildman–Crippen LogP) is 5.34. The Labute approximate surface area is 134 Å². The summed E-state index contributed by atoms with van der Waals surface area (Å²) in [6.45, 7) is 8.68. The number of aliphatic hydroxyl groups excluding tert-OH is 1. The van der Waals surface area contributed by atoms with Crippen molar-refractivity contribution in [3.05, 3.63) is 57.6 Å². The Bertz CT molecular complexity index is 642. The van der Waals surface area contributed by atoms with Crippen LogP contribution in [0.4, 0.5) is 0 Å². The Morgan fingerprint density at radius 2 is 1.71 bits per heavy atom. The van der Waals surface area contributed by atoms with Gasteiger partial charge in [-0.3, -0.25) is 0 Å². The van der Waals surface area contributed by atoms with E-state index in [-0.39, 0.29) is 12.0 Å². The van der Waals surface area contributed by atoms with Gasteiger partial charge in [0, 0.05) is 0 Å². The van der Waals surface area contributed by atoms with Gasteiger partial charge >= 0.3 is 0 Å². The third-order valence-electron chi connectivity index (χ3n) is 3.44. The maximum absolute atomic E-state index is 9.13. The average molecular weight is 349 g/mol. The largest absolute Gasteiger partial charge is 0.456 e. The number of rotatable bonds is 3. The number of hydrogen-bond acceptors (Lipinski definition) is 2. The van der Waals surface area contributed by atoms with Crippen molar-refractivity contribution in [2.45, 2.75) is 39.7 Å². The third kappa shape index (κ3) is 3.86. The highest BCUT2D eigenvalue weighted by molar-refractivity contribution is 9.10. The zero-order valence-corrected chi connectivity index (χ0v) is 14.5. The molecule has 0 radical (unpaired) electrons. The van der Waals surface area contributed by atoms with Crippen LogP contribution in [0.15, 0.2) is 40.9 Å². The van der Waals surface area contributed by atoms with Crippen LogP contribution in [-0.2, 0) is 12.0 Å². The first-order chi connectivity index (χ1) is 9.81. The van der Waals surface area contributed by atoms with Gasteiger partial charge in [-0.2, -0.15) is 0 Å². The van der Waals surface area contributed by atoms with Gasteiger partial charge in [-0.25, -0.2) is 0 Å². The minimum atomic E-state index is 0.0260. The molecule has 0 spiro atoms. The fourth-order valence-corrected chi connectivity index (χ4v) is 2.58. The van der Waals surface area contributed by atoms with Crippen LogP contribution in [0, 0.1) is 6.92 Å². The van der Waals surface area contributed by atoms with Gasteiger partial charge < -0.3 is 9.84 Å². The highest BCUT2D eigenvalue weighted by Crippen LogP contribution is 2.34. The zero-order chi connectivity index (χ0) is 15.6. The molecule has 0 aliphatic carbocycles. The summed E-state index contributed by atoms with van der Waals surface area (Å²) in [4.78, 5) is 0. The van der Waals surface area contributed by atoms with E-state index in [4.69, 9.17) is 9.84 Å². The number of aliphatic hydroxyl groups is 1. The molecular weight excluding hydrogens is 328 g/mol.